The normalized spacial score (nSPS) is 11.6. The fourth-order valence-corrected chi connectivity index (χ4v) is 8.92. The molecule has 0 fully saturated rings. The molecule has 234 valence electrons. The molecule has 0 atom stereocenters. The van der Waals surface area contributed by atoms with Gasteiger partial charge < -0.3 is 4.90 Å². The van der Waals surface area contributed by atoms with Crippen LogP contribution in [0.3, 0.4) is 0 Å². The zero-order valence-corrected chi connectivity index (χ0v) is 28.1. The molecule has 10 aromatic rings. The van der Waals surface area contributed by atoms with Crippen LogP contribution in [0.5, 0.6) is 0 Å². The quantitative estimate of drug-likeness (QED) is 0.167. The van der Waals surface area contributed by atoms with Crippen molar-refractivity contribution in [2.75, 3.05) is 4.90 Å². The van der Waals surface area contributed by atoms with Gasteiger partial charge >= 0.3 is 0 Å². The predicted octanol–water partition coefficient (Wildman–Crippen LogP) is 14.3. The Balaban J connectivity index is 1.14. The summed E-state index contributed by atoms with van der Waals surface area (Å²) >= 11 is 1.88. The number of nitrogens with zero attached hydrogens (tertiary/aromatic N) is 1. The molecule has 1 aromatic heterocycles. The minimum Gasteiger partial charge on any atom is -0.310 e. The molecule has 0 aliphatic rings. The molecule has 0 aliphatic carbocycles. The van der Waals surface area contributed by atoms with E-state index in [1.807, 2.05) is 11.3 Å². The third kappa shape index (κ3) is 4.69. The van der Waals surface area contributed by atoms with Gasteiger partial charge in [0.1, 0.15) is 0 Å². The van der Waals surface area contributed by atoms with E-state index in [1.165, 1.54) is 74.7 Å². The lowest BCUT2D eigenvalue weighted by atomic mass is 9.94. The molecule has 0 N–H and O–H groups in total. The van der Waals surface area contributed by atoms with Gasteiger partial charge in [-0.2, -0.15) is 0 Å². The molecular weight excluding hydrogens is 623 g/mol. The van der Waals surface area contributed by atoms with Gasteiger partial charge in [-0.3, -0.25) is 0 Å². The number of anilines is 3. The Morgan fingerprint density at radius 2 is 0.780 bits per heavy atom. The highest BCUT2D eigenvalue weighted by Gasteiger charge is 2.17. The maximum absolute atomic E-state index is 2.39. The lowest BCUT2D eigenvalue weighted by Crippen LogP contribution is -2.10. The van der Waals surface area contributed by atoms with Crippen LogP contribution < -0.4 is 4.90 Å². The molecule has 0 bridgehead atoms. The number of fused-ring (bicyclic) bond motifs is 9. The average molecular weight is 654 g/mol. The fourth-order valence-electron chi connectivity index (χ4n) is 7.68. The summed E-state index contributed by atoms with van der Waals surface area (Å²) in [6.45, 7) is 0. The number of thiophene rings is 1. The van der Waals surface area contributed by atoms with E-state index < -0.39 is 0 Å². The van der Waals surface area contributed by atoms with E-state index in [0.717, 1.165) is 17.1 Å². The number of rotatable bonds is 5. The molecule has 50 heavy (non-hydrogen) atoms. The average Bonchev–Trinajstić information content (AvgIpc) is 3.58. The minimum absolute atomic E-state index is 1.12. The Kier molecular flexibility index (Phi) is 6.75. The van der Waals surface area contributed by atoms with Gasteiger partial charge in [0, 0.05) is 37.2 Å². The molecule has 0 saturated carbocycles. The molecule has 10 rings (SSSR count). The van der Waals surface area contributed by atoms with Crippen LogP contribution in [0, 0.1) is 0 Å². The summed E-state index contributed by atoms with van der Waals surface area (Å²) in [4.78, 5) is 2.39. The molecule has 0 radical (unpaired) electrons. The third-order valence-corrected chi connectivity index (χ3v) is 11.3. The first kappa shape index (κ1) is 28.8. The van der Waals surface area contributed by atoms with Crippen LogP contribution in [0.2, 0.25) is 0 Å². The van der Waals surface area contributed by atoms with Gasteiger partial charge in [0.15, 0.2) is 0 Å². The molecule has 0 unspecified atom stereocenters. The largest absolute Gasteiger partial charge is 0.310 e. The Hall–Kier alpha value is -6.22. The first-order valence-electron chi connectivity index (χ1n) is 17.1. The number of hydrogen-bond acceptors (Lipinski definition) is 2. The van der Waals surface area contributed by atoms with Crippen LogP contribution in [-0.4, -0.2) is 0 Å². The van der Waals surface area contributed by atoms with E-state index in [-0.39, 0.29) is 0 Å². The Labute approximate surface area is 294 Å². The van der Waals surface area contributed by atoms with Gasteiger partial charge in [-0.05, 0) is 97.0 Å². The highest BCUT2D eigenvalue weighted by atomic mass is 32.1. The standard InChI is InChI=1S/C48H31NS/c1-2-11-32(12-3-1)33-21-25-35(26-22-33)49(37-29-30-43-41-15-5-4-13-39(41)40-14-6-7-16-42(40)46(43)31-37)36-27-23-34(24-28-36)38-18-10-19-45-44-17-8-9-20-47(44)50-48(38)45/h1-31H. The molecule has 0 aliphatic heterocycles. The summed E-state index contributed by atoms with van der Waals surface area (Å²) in [5, 5.41) is 10.3. The topological polar surface area (TPSA) is 3.24 Å². The van der Waals surface area contributed by atoms with Crippen molar-refractivity contribution in [2.24, 2.45) is 0 Å². The minimum atomic E-state index is 1.12. The van der Waals surface area contributed by atoms with Gasteiger partial charge in [-0.25, -0.2) is 0 Å². The first-order valence-corrected chi connectivity index (χ1v) is 17.9. The van der Waals surface area contributed by atoms with Crippen molar-refractivity contribution in [3.8, 4) is 22.3 Å². The first-order chi connectivity index (χ1) is 24.8. The summed E-state index contributed by atoms with van der Waals surface area (Å²) in [6, 6.07) is 68.6. The Morgan fingerprint density at radius 1 is 0.300 bits per heavy atom. The van der Waals surface area contributed by atoms with E-state index in [2.05, 4.69) is 193 Å². The monoisotopic (exact) mass is 653 g/mol. The molecule has 9 aromatic carbocycles. The third-order valence-electron chi connectivity index (χ3n) is 10.1. The molecule has 0 saturated heterocycles. The maximum atomic E-state index is 2.39. The molecule has 2 heteroatoms. The van der Waals surface area contributed by atoms with Crippen molar-refractivity contribution < 1.29 is 0 Å². The number of benzene rings is 9. The van der Waals surface area contributed by atoms with Gasteiger partial charge in [0.2, 0.25) is 0 Å². The van der Waals surface area contributed by atoms with E-state index in [4.69, 9.17) is 0 Å². The van der Waals surface area contributed by atoms with Crippen LogP contribution in [0.15, 0.2) is 188 Å². The van der Waals surface area contributed by atoms with Gasteiger partial charge in [0.05, 0.1) is 0 Å². The van der Waals surface area contributed by atoms with Crippen molar-refractivity contribution in [1.29, 1.82) is 0 Å². The summed E-state index contributed by atoms with van der Waals surface area (Å²) < 4.78 is 2.66. The number of hydrogen-bond donors (Lipinski definition) is 0. The predicted molar refractivity (Wildman–Crippen MR) is 217 cm³/mol. The summed E-state index contributed by atoms with van der Waals surface area (Å²) in [7, 11) is 0. The van der Waals surface area contributed by atoms with Gasteiger partial charge in [0.25, 0.3) is 0 Å². The van der Waals surface area contributed by atoms with Crippen molar-refractivity contribution in [3.05, 3.63) is 188 Å². The van der Waals surface area contributed by atoms with Gasteiger partial charge in [-0.1, -0.05) is 146 Å². The maximum Gasteiger partial charge on any atom is 0.0468 e. The van der Waals surface area contributed by atoms with Crippen LogP contribution in [0.4, 0.5) is 17.1 Å². The van der Waals surface area contributed by atoms with Crippen LogP contribution in [0.1, 0.15) is 0 Å². The second-order valence-corrected chi connectivity index (χ2v) is 13.9. The molecule has 0 amide bonds. The molecular formula is C48H31NS. The van der Waals surface area contributed by atoms with E-state index >= 15 is 0 Å². The fraction of sp³-hybridized carbons (Fsp3) is 0. The van der Waals surface area contributed by atoms with Crippen molar-refractivity contribution >= 4 is 80.9 Å². The summed E-state index contributed by atoms with van der Waals surface area (Å²) in [5.74, 6) is 0. The smallest absolute Gasteiger partial charge is 0.0468 e. The summed E-state index contributed by atoms with van der Waals surface area (Å²) in [6.07, 6.45) is 0. The zero-order chi connectivity index (χ0) is 33.0. The highest BCUT2D eigenvalue weighted by Crippen LogP contribution is 2.43. The molecule has 1 nitrogen and oxygen atoms in total. The Bertz CT molecular complexity index is 2810. The van der Waals surface area contributed by atoms with E-state index in [0.29, 0.717) is 0 Å². The Morgan fingerprint density at radius 3 is 1.44 bits per heavy atom. The lowest BCUT2D eigenvalue weighted by Gasteiger charge is -2.27. The lowest BCUT2D eigenvalue weighted by molar-refractivity contribution is 1.29. The molecule has 1 heterocycles. The van der Waals surface area contributed by atoms with Crippen molar-refractivity contribution in [2.45, 2.75) is 0 Å². The second-order valence-electron chi connectivity index (χ2n) is 12.9. The van der Waals surface area contributed by atoms with Crippen molar-refractivity contribution in [3.63, 3.8) is 0 Å². The highest BCUT2D eigenvalue weighted by molar-refractivity contribution is 7.26. The van der Waals surface area contributed by atoms with Gasteiger partial charge in [-0.15, -0.1) is 11.3 Å². The van der Waals surface area contributed by atoms with Crippen LogP contribution in [0.25, 0.3) is 74.7 Å². The van der Waals surface area contributed by atoms with E-state index in [1.54, 1.807) is 0 Å². The van der Waals surface area contributed by atoms with Crippen LogP contribution >= 0.6 is 11.3 Å². The van der Waals surface area contributed by atoms with Crippen molar-refractivity contribution in [1.82, 2.24) is 0 Å². The zero-order valence-electron chi connectivity index (χ0n) is 27.3. The SMILES string of the molecule is c1ccc(-c2ccc(N(c3ccc(-c4cccc5c4sc4ccccc45)cc3)c3ccc4c5ccccc5c5ccccc5c4c3)cc2)cc1. The molecule has 0 spiro atoms. The second kappa shape index (κ2) is 11.7. The van der Waals surface area contributed by atoms with Crippen LogP contribution in [-0.2, 0) is 0 Å². The van der Waals surface area contributed by atoms with E-state index in [9.17, 15) is 0 Å². The summed E-state index contributed by atoms with van der Waals surface area (Å²) in [5.41, 5.74) is 8.29.